The topological polar surface area (TPSA) is 118 Å². The van der Waals surface area contributed by atoms with Gasteiger partial charge >= 0.3 is 17.9 Å². The second-order valence-corrected chi connectivity index (χ2v) is 8.75. The number of carbonyl (C=O) groups excluding carboxylic acids is 3. The second-order valence-electron chi connectivity index (χ2n) is 7.04. The maximum Gasteiger partial charge on any atom is 0.303 e. The molecule has 1 unspecified atom stereocenters. The number of phenolic OH excluding ortho intramolecular Hbond substituents is 1. The molecule has 1 heterocycles. The van der Waals surface area contributed by atoms with Crippen LogP contribution in [0.1, 0.15) is 20.8 Å². The highest BCUT2D eigenvalue weighted by molar-refractivity contribution is 9.13. The lowest BCUT2D eigenvalue weighted by Crippen LogP contribution is -2.42. The van der Waals surface area contributed by atoms with Crippen molar-refractivity contribution in [2.24, 2.45) is 0 Å². The van der Waals surface area contributed by atoms with Gasteiger partial charge in [0.1, 0.15) is 12.7 Å². The highest BCUT2D eigenvalue weighted by atomic mass is 79.9. The number of carbonyl (C=O) groups is 3. The van der Waals surface area contributed by atoms with Crippen molar-refractivity contribution in [2.75, 3.05) is 6.61 Å². The summed E-state index contributed by atoms with van der Waals surface area (Å²) in [6.45, 7) is 3.34. The summed E-state index contributed by atoms with van der Waals surface area (Å²) in [5.41, 5.74) is 0. The number of halogens is 2. The summed E-state index contributed by atoms with van der Waals surface area (Å²) in [5.74, 6) is -1.98. The number of fused-ring (bicyclic) bond motifs is 1. The van der Waals surface area contributed by atoms with Gasteiger partial charge in [-0.1, -0.05) is 0 Å². The van der Waals surface area contributed by atoms with Crippen molar-refractivity contribution in [1.82, 2.24) is 0 Å². The van der Waals surface area contributed by atoms with Gasteiger partial charge in [0.2, 0.25) is 12.4 Å². The van der Waals surface area contributed by atoms with Gasteiger partial charge in [-0.05, 0) is 66.9 Å². The molecule has 172 valence electrons. The lowest BCUT2D eigenvalue weighted by atomic mass is 10.1. The quantitative estimate of drug-likeness (QED) is 0.407. The van der Waals surface area contributed by atoms with Crippen molar-refractivity contribution < 1.29 is 43.2 Å². The first-order valence-electron chi connectivity index (χ1n) is 9.47. The minimum absolute atomic E-state index is 0.0589. The van der Waals surface area contributed by atoms with Gasteiger partial charge in [0, 0.05) is 29.7 Å². The van der Waals surface area contributed by atoms with Crippen molar-refractivity contribution >= 4 is 60.5 Å². The molecule has 0 amide bonds. The first-order chi connectivity index (χ1) is 15.0. The summed E-state index contributed by atoms with van der Waals surface area (Å²) in [6.07, 6.45) is -4.45. The Hall–Kier alpha value is -2.37. The van der Waals surface area contributed by atoms with Crippen LogP contribution in [0.15, 0.2) is 33.2 Å². The third-order valence-corrected chi connectivity index (χ3v) is 6.37. The minimum Gasteiger partial charge on any atom is -0.504 e. The molecule has 0 radical (unpaired) electrons. The van der Waals surface area contributed by atoms with E-state index in [4.69, 9.17) is 23.7 Å². The lowest BCUT2D eigenvalue weighted by molar-refractivity contribution is -0.170. The number of aromatic hydroxyl groups is 1. The van der Waals surface area contributed by atoms with Crippen LogP contribution < -0.4 is 4.74 Å². The van der Waals surface area contributed by atoms with E-state index in [2.05, 4.69) is 31.9 Å². The molecule has 1 saturated heterocycles. The fourth-order valence-corrected chi connectivity index (χ4v) is 3.97. The Morgan fingerprint density at radius 1 is 0.906 bits per heavy atom. The molecule has 3 rings (SSSR count). The third-order valence-electron chi connectivity index (χ3n) is 4.52. The summed E-state index contributed by atoms with van der Waals surface area (Å²) in [6, 6.07) is 6.76. The van der Waals surface area contributed by atoms with E-state index in [0.717, 1.165) is 19.7 Å². The molecule has 0 saturated carbocycles. The summed E-state index contributed by atoms with van der Waals surface area (Å²) in [5, 5.41) is 12.0. The number of rotatable bonds is 6. The first-order valence-corrected chi connectivity index (χ1v) is 11.1. The zero-order chi connectivity index (χ0) is 23.6. The van der Waals surface area contributed by atoms with Gasteiger partial charge in [0.15, 0.2) is 17.6 Å². The largest absolute Gasteiger partial charge is 0.504 e. The van der Waals surface area contributed by atoms with Crippen LogP contribution in [0, 0.1) is 0 Å². The molecule has 2 aromatic rings. The number of phenols is 1. The van der Waals surface area contributed by atoms with Crippen molar-refractivity contribution in [1.29, 1.82) is 0 Å². The Balaban J connectivity index is 1.93. The minimum atomic E-state index is -1.24. The lowest BCUT2D eigenvalue weighted by Gasteiger charge is -2.23. The standard InChI is InChI=1S/C21H20Br2O9/c1-9(24)28-8-18-19(29-10(2)25)20(30-11(3)26)21(32-18)31-17-7-13-5-15(23)14(22)4-12(13)6-16(17)27/h4-7,18-21,27H,8H2,1-3H3/t18-,19?,20+,21-/m1/s1. The van der Waals surface area contributed by atoms with Gasteiger partial charge in [-0.15, -0.1) is 0 Å². The summed E-state index contributed by atoms with van der Waals surface area (Å²) in [7, 11) is 0. The molecule has 11 heteroatoms. The van der Waals surface area contributed by atoms with Gasteiger partial charge in [0.25, 0.3) is 0 Å². The Kier molecular flexibility index (Phi) is 7.63. The van der Waals surface area contributed by atoms with Crippen molar-refractivity contribution in [3.05, 3.63) is 33.2 Å². The molecule has 1 aliphatic heterocycles. The van der Waals surface area contributed by atoms with E-state index in [0.29, 0.717) is 0 Å². The Morgan fingerprint density at radius 3 is 2.03 bits per heavy atom. The average molecular weight is 576 g/mol. The molecule has 0 spiro atoms. The molecule has 1 N–H and O–H groups in total. The van der Waals surface area contributed by atoms with Gasteiger partial charge in [-0.25, -0.2) is 0 Å². The molecular weight excluding hydrogens is 556 g/mol. The van der Waals surface area contributed by atoms with E-state index in [1.807, 2.05) is 12.1 Å². The van der Waals surface area contributed by atoms with E-state index in [9.17, 15) is 19.5 Å². The SMILES string of the molecule is CC(=O)OC[C@H]1O[C@@H](Oc2cc3cc(Br)c(Br)cc3cc2O)[C@@H](OC(C)=O)C1OC(C)=O. The number of hydrogen-bond donors (Lipinski definition) is 1. The predicted octanol–water partition coefficient (Wildman–Crippen LogP) is 3.60. The molecule has 2 aromatic carbocycles. The smallest absolute Gasteiger partial charge is 0.303 e. The van der Waals surface area contributed by atoms with Crippen LogP contribution in [0.25, 0.3) is 10.8 Å². The molecular formula is C21H20Br2O9. The fourth-order valence-electron chi connectivity index (χ4n) is 3.25. The van der Waals surface area contributed by atoms with E-state index < -0.39 is 42.5 Å². The molecule has 1 aliphatic rings. The van der Waals surface area contributed by atoms with Gasteiger partial charge in [-0.3, -0.25) is 14.4 Å². The highest BCUT2D eigenvalue weighted by Crippen LogP contribution is 2.38. The van der Waals surface area contributed by atoms with Crippen molar-refractivity contribution in [3.8, 4) is 11.5 Å². The summed E-state index contributed by atoms with van der Waals surface area (Å²) < 4.78 is 28.8. The van der Waals surface area contributed by atoms with Crippen LogP contribution in [0.3, 0.4) is 0 Å². The fraction of sp³-hybridized carbons (Fsp3) is 0.381. The summed E-state index contributed by atoms with van der Waals surface area (Å²) in [4.78, 5) is 34.6. The number of esters is 3. The van der Waals surface area contributed by atoms with Crippen molar-refractivity contribution in [2.45, 2.75) is 45.4 Å². The number of ether oxygens (including phenoxy) is 5. The van der Waals surface area contributed by atoms with Gasteiger partial charge in [0.05, 0.1) is 0 Å². The third kappa shape index (κ3) is 5.70. The molecule has 32 heavy (non-hydrogen) atoms. The number of benzene rings is 2. The maximum absolute atomic E-state index is 11.7. The van der Waals surface area contributed by atoms with Crippen LogP contribution in [0.5, 0.6) is 11.5 Å². The maximum atomic E-state index is 11.7. The normalized spacial score (nSPS) is 22.4. The van der Waals surface area contributed by atoms with Crippen LogP contribution in [0.2, 0.25) is 0 Å². The Bertz CT molecular complexity index is 1060. The Labute approximate surface area is 200 Å². The predicted molar refractivity (Wildman–Crippen MR) is 118 cm³/mol. The average Bonchev–Trinajstić information content (AvgIpc) is 2.98. The van der Waals surface area contributed by atoms with Gasteiger partial charge in [-0.2, -0.15) is 0 Å². The molecule has 0 bridgehead atoms. The van der Waals surface area contributed by atoms with Gasteiger partial charge < -0.3 is 28.8 Å². The van der Waals surface area contributed by atoms with E-state index in [1.165, 1.54) is 26.8 Å². The molecule has 4 atom stereocenters. The molecule has 1 fully saturated rings. The first kappa shape index (κ1) is 24.3. The highest BCUT2D eigenvalue weighted by Gasteiger charge is 2.51. The van der Waals surface area contributed by atoms with Crippen LogP contribution in [-0.4, -0.2) is 54.2 Å². The molecule has 9 nitrogen and oxygen atoms in total. The zero-order valence-corrected chi connectivity index (χ0v) is 20.5. The monoisotopic (exact) mass is 574 g/mol. The Morgan fingerprint density at radius 2 is 1.47 bits per heavy atom. The van der Waals surface area contributed by atoms with E-state index >= 15 is 0 Å². The van der Waals surface area contributed by atoms with Crippen LogP contribution in [-0.2, 0) is 33.3 Å². The van der Waals surface area contributed by atoms with Crippen molar-refractivity contribution in [3.63, 3.8) is 0 Å². The van der Waals surface area contributed by atoms with E-state index in [1.54, 1.807) is 6.07 Å². The van der Waals surface area contributed by atoms with Crippen LogP contribution >= 0.6 is 31.9 Å². The zero-order valence-electron chi connectivity index (χ0n) is 17.3. The molecule has 0 aliphatic carbocycles. The number of hydrogen-bond acceptors (Lipinski definition) is 9. The summed E-state index contributed by atoms with van der Waals surface area (Å²) >= 11 is 6.84. The van der Waals surface area contributed by atoms with E-state index in [-0.39, 0.29) is 18.1 Å². The second kappa shape index (κ2) is 10.1. The van der Waals surface area contributed by atoms with Crippen LogP contribution in [0.4, 0.5) is 0 Å². The molecule has 0 aromatic heterocycles.